The van der Waals surface area contributed by atoms with Crippen LogP contribution >= 0.6 is 0 Å². The molecule has 1 heterocycles. The van der Waals surface area contributed by atoms with E-state index in [0.29, 0.717) is 19.4 Å². The number of carboxylic acids is 1. The van der Waals surface area contributed by atoms with Gasteiger partial charge in [0.05, 0.1) is 6.04 Å². The Bertz CT molecular complexity index is 788. The normalized spacial score (nSPS) is 13.1. The molecule has 9 N–H and O–H groups in total. The first-order chi connectivity index (χ1) is 12.4. The zero-order valence-electron chi connectivity index (χ0n) is 14.3. The average molecular weight is 360 g/mol. The number of aromatic amines is 1. The fraction of sp³-hybridized carbons (Fsp3) is 0.353. The first kappa shape index (κ1) is 19.3. The van der Waals surface area contributed by atoms with Crippen molar-refractivity contribution >= 4 is 28.7 Å². The molecule has 0 aliphatic heterocycles. The van der Waals surface area contributed by atoms with Crippen molar-refractivity contribution in [1.82, 2.24) is 15.6 Å². The van der Waals surface area contributed by atoms with Gasteiger partial charge >= 0.3 is 5.97 Å². The van der Waals surface area contributed by atoms with Crippen molar-refractivity contribution in [3.05, 3.63) is 36.0 Å². The molecule has 0 fully saturated rings. The second kappa shape index (κ2) is 8.86. The Labute approximate surface area is 150 Å². The molecule has 1 amide bonds. The molecule has 1 aromatic heterocycles. The first-order valence-electron chi connectivity index (χ1n) is 8.30. The molecule has 0 aliphatic carbocycles. The summed E-state index contributed by atoms with van der Waals surface area (Å²) in [5.41, 5.74) is 12.7. The number of amides is 1. The van der Waals surface area contributed by atoms with E-state index in [1.807, 2.05) is 24.3 Å². The Balaban J connectivity index is 1.94. The summed E-state index contributed by atoms with van der Waals surface area (Å²) in [6.07, 6.45) is 2.80. The van der Waals surface area contributed by atoms with E-state index >= 15 is 0 Å². The molecule has 0 unspecified atom stereocenters. The van der Waals surface area contributed by atoms with Crippen LogP contribution in [0, 0.1) is 5.41 Å². The Morgan fingerprint density at radius 1 is 1.31 bits per heavy atom. The number of para-hydroxylation sites is 1. The second-order valence-corrected chi connectivity index (χ2v) is 6.05. The van der Waals surface area contributed by atoms with Crippen LogP contribution in [-0.4, -0.2) is 46.6 Å². The third-order valence-electron chi connectivity index (χ3n) is 4.06. The molecule has 0 radical (unpaired) electrons. The van der Waals surface area contributed by atoms with E-state index in [1.54, 1.807) is 6.20 Å². The molecule has 0 saturated heterocycles. The summed E-state index contributed by atoms with van der Waals surface area (Å²) in [6, 6.07) is 5.67. The van der Waals surface area contributed by atoms with E-state index in [4.69, 9.17) is 16.9 Å². The third-order valence-corrected chi connectivity index (χ3v) is 4.06. The van der Waals surface area contributed by atoms with E-state index in [1.165, 1.54) is 0 Å². The molecule has 2 aromatic rings. The predicted octanol–water partition coefficient (Wildman–Crippen LogP) is -0.130. The lowest BCUT2D eigenvalue weighted by Crippen LogP contribution is -2.49. The second-order valence-electron chi connectivity index (χ2n) is 6.05. The summed E-state index contributed by atoms with van der Waals surface area (Å²) in [4.78, 5) is 26.8. The molecule has 0 saturated carbocycles. The maximum Gasteiger partial charge on any atom is 0.326 e. The summed E-state index contributed by atoms with van der Waals surface area (Å²) >= 11 is 0. The number of carbonyl (C=O) groups is 2. The topological polar surface area (TPSA) is 170 Å². The van der Waals surface area contributed by atoms with Gasteiger partial charge in [-0.1, -0.05) is 18.2 Å². The molecule has 9 heteroatoms. The van der Waals surface area contributed by atoms with E-state index in [0.717, 1.165) is 16.5 Å². The van der Waals surface area contributed by atoms with E-state index < -0.39 is 24.0 Å². The van der Waals surface area contributed by atoms with Gasteiger partial charge in [0.1, 0.15) is 6.04 Å². The first-order valence-corrected chi connectivity index (χ1v) is 8.30. The zero-order chi connectivity index (χ0) is 19.1. The summed E-state index contributed by atoms with van der Waals surface area (Å²) in [5, 5.41) is 22.5. The van der Waals surface area contributed by atoms with Gasteiger partial charge in [-0.3, -0.25) is 10.2 Å². The van der Waals surface area contributed by atoms with Crippen LogP contribution in [0.2, 0.25) is 0 Å². The number of hydrogen-bond acceptors (Lipinski definition) is 4. The maximum atomic E-state index is 12.2. The maximum absolute atomic E-state index is 12.2. The lowest BCUT2D eigenvalue weighted by Gasteiger charge is -2.18. The van der Waals surface area contributed by atoms with Crippen molar-refractivity contribution in [3.8, 4) is 0 Å². The van der Waals surface area contributed by atoms with Crippen molar-refractivity contribution in [1.29, 1.82) is 5.41 Å². The number of guanidine groups is 1. The van der Waals surface area contributed by atoms with Crippen LogP contribution in [-0.2, 0) is 16.0 Å². The van der Waals surface area contributed by atoms with Crippen LogP contribution < -0.4 is 22.1 Å². The number of nitrogens with two attached hydrogens (primary N) is 2. The lowest BCUT2D eigenvalue weighted by atomic mass is 10.0. The number of fused-ring (bicyclic) bond motifs is 1. The van der Waals surface area contributed by atoms with Crippen LogP contribution in [0.3, 0.4) is 0 Å². The summed E-state index contributed by atoms with van der Waals surface area (Å²) in [6.45, 7) is 0.425. The Hall–Kier alpha value is -3.07. The van der Waals surface area contributed by atoms with E-state index in [-0.39, 0.29) is 12.4 Å². The lowest BCUT2D eigenvalue weighted by molar-refractivity contribution is -0.142. The molecule has 26 heavy (non-hydrogen) atoms. The Kier molecular flexibility index (Phi) is 6.56. The minimum Gasteiger partial charge on any atom is -0.480 e. The molecule has 2 rings (SSSR count). The molecule has 1 aromatic carbocycles. The number of aliphatic carboxylic acids is 1. The van der Waals surface area contributed by atoms with Gasteiger partial charge in [-0.25, -0.2) is 4.79 Å². The van der Waals surface area contributed by atoms with Gasteiger partial charge in [0.2, 0.25) is 5.91 Å². The van der Waals surface area contributed by atoms with Crippen molar-refractivity contribution in [3.63, 3.8) is 0 Å². The van der Waals surface area contributed by atoms with Gasteiger partial charge < -0.3 is 32.2 Å². The van der Waals surface area contributed by atoms with Gasteiger partial charge in [0.25, 0.3) is 0 Å². The number of benzene rings is 1. The van der Waals surface area contributed by atoms with Crippen molar-refractivity contribution in [2.45, 2.75) is 31.3 Å². The molecular weight excluding hydrogens is 336 g/mol. The van der Waals surface area contributed by atoms with Gasteiger partial charge in [0.15, 0.2) is 5.96 Å². The van der Waals surface area contributed by atoms with Gasteiger partial charge in [0, 0.05) is 30.1 Å². The standard InChI is InChI=1S/C17H24N6O3/c18-12(5-3-7-21-17(19)20)15(24)23-14(16(25)26)8-10-9-22-13-6-2-1-4-11(10)13/h1-2,4,6,9,12,14,22H,3,5,7-8,18H2,(H,23,24)(H,25,26)(H4,19,20,21)/t12-,14+/m0/s1. The SMILES string of the molecule is N=C(N)NCCC[C@H](N)C(=O)N[C@H](Cc1c[nH]c2ccccc12)C(=O)O. The zero-order valence-corrected chi connectivity index (χ0v) is 14.3. The fourth-order valence-corrected chi connectivity index (χ4v) is 2.68. The predicted molar refractivity (Wildman–Crippen MR) is 98.7 cm³/mol. The number of H-pyrrole nitrogens is 1. The Morgan fingerprint density at radius 2 is 2.04 bits per heavy atom. The molecular formula is C17H24N6O3. The smallest absolute Gasteiger partial charge is 0.326 e. The fourth-order valence-electron chi connectivity index (χ4n) is 2.68. The largest absolute Gasteiger partial charge is 0.480 e. The number of carboxylic acid groups (broad SMARTS) is 1. The number of nitrogens with one attached hydrogen (secondary N) is 4. The van der Waals surface area contributed by atoms with Gasteiger partial charge in [-0.15, -0.1) is 0 Å². The minimum absolute atomic E-state index is 0.146. The van der Waals surface area contributed by atoms with Crippen molar-refractivity contribution in [2.75, 3.05) is 6.54 Å². The highest BCUT2D eigenvalue weighted by molar-refractivity contribution is 5.88. The minimum atomic E-state index is -1.12. The van der Waals surface area contributed by atoms with Crippen LogP contribution in [0.1, 0.15) is 18.4 Å². The molecule has 0 aliphatic rings. The van der Waals surface area contributed by atoms with Gasteiger partial charge in [-0.2, -0.15) is 0 Å². The molecule has 9 nitrogen and oxygen atoms in total. The number of hydrogen-bond donors (Lipinski definition) is 7. The van der Waals surface area contributed by atoms with Crippen LogP contribution in [0.25, 0.3) is 10.9 Å². The highest BCUT2D eigenvalue weighted by atomic mass is 16.4. The third kappa shape index (κ3) is 5.21. The van der Waals surface area contributed by atoms with E-state index in [2.05, 4.69) is 15.6 Å². The highest BCUT2D eigenvalue weighted by Crippen LogP contribution is 2.19. The van der Waals surface area contributed by atoms with E-state index in [9.17, 15) is 14.7 Å². The number of carbonyl (C=O) groups excluding carboxylic acids is 1. The average Bonchev–Trinajstić information content (AvgIpc) is 3.00. The molecule has 140 valence electrons. The Morgan fingerprint density at radius 3 is 2.73 bits per heavy atom. The van der Waals surface area contributed by atoms with Crippen LogP contribution in [0.5, 0.6) is 0 Å². The van der Waals surface area contributed by atoms with Crippen molar-refractivity contribution in [2.24, 2.45) is 11.5 Å². The summed E-state index contributed by atoms with van der Waals surface area (Å²) < 4.78 is 0. The quantitative estimate of drug-likeness (QED) is 0.186. The molecule has 0 bridgehead atoms. The summed E-state index contributed by atoms with van der Waals surface area (Å²) in [7, 11) is 0. The number of aromatic nitrogens is 1. The van der Waals surface area contributed by atoms with Gasteiger partial charge in [-0.05, 0) is 24.5 Å². The van der Waals surface area contributed by atoms with Crippen LogP contribution in [0.4, 0.5) is 0 Å². The monoisotopic (exact) mass is 360 g/mol. The van der Waals surface area contributed by atoms with Crippen molar-refractivity contribution < 1.29 is 14.7 Å². The molecule has 2 atom stereocenters. The molecule has 0 spiro atoms. The van der Waals surface area contributed by atoms with Crippen LogP contribution in [0.15, 0.2) is 30.5 Å². The number of rotatable bonds is 9. The highest BCUT2D eigenvalue weighted by Gasteiger charge is 2.24. The summed E-state index contributed by atoms with van der Waals surface area (Å²) in [5.74, 6) is -1.78.